The standard InChI is InChI=1S/C30H58O6S/c1-3-5-7-9-10-11-12-13-14-15-16-17-18-19-20-21-22-23-24-26-28-35-30(31)29(36-37(32,33)34)27-25-8-6-4-2/h26,28-29H,3-25,27H2,1-2H3,(H,32,33,34). The van der Waals surface area contributed by atoms with Gasteiger partial charge in [-0.25, -0.2) is 8.98 Å². The highest BCUT2D eigenvalue weighted by Gasteiger charge is 2.25. The average molecular weight is 547 g/mol. The van der Waals surface area contributed by atoms with E-state index in [-0.39, 0.29) is 6.42 Å². The molecule has 0 saturated carbocycles. The molecule has 37 heavy (non-hydrogen) atoms. The number of carbonyl (C=O) groups is 1. The van der Waals surface area contributed by atoms with Crippen molar-refractivity contribution >= 4 is 16.4 Å². The summed E-state index contributed by atoms with van der Waals surface area (Å²) in [6, 6.07) is 0. The second-order valence-corrected chi connectivity index (χ2v) is 11.5. The van der Waals surface area contributed by atoms with Gasteiger partial charge in [0.1, 0.15) is 0 Å². The van der Waals surface area contributed by atoms with Crippen LogP contribution in [0.1, 0.15) is 168 Å². The Morgan fingerprint density at radius 2 is 1.03 bits per heavy atom. The van der Waals surface area contributed by atoms with Gasteiger partial charge in [0, 0.05) is 0 Å². The first-order valence-electron chi connectivity index (χ1n) is 15.4. The molecule has 7 heteroatoms. The number of allylic oxidation sites excluding steroid dienone is 1. The molecule has 0 spiro atoms. The third kappa shape index (κ3) is 27.9. The molecule has 0 bridgehead atoms. The van der Waals surface area contributed by atoms with Crippen LogP contribution in [0.5, 0.6) is 0 Å². The van der Waals surface area contributed by atoms with Crippen LogP contribution in [0.15, 0.2) is 12.3 Å². The molecule has 1 atom stereocenters. The van der Waals surface area contributed by atoms with Crippen molar-refractivity contribution in [2.24, 2.45) is 0 Å². The van der Waals surface area contributed by atoms with Crippen LogP contribution in [0.3, 0.4) is 0 Å². The fourth-order valence-corrected chi connectivity index (χ4v) is 5.00. The molecule has 0 aromatic rings. The van der Waals surface area contributed by atoms with Gasteiger partial charge in [-0.15, -0.1) is 0 Å². The maximum atomic E-state index is 12.1. The molecule has 0 rings (SSSR count). The SMILES string of the molecule is CCCCCCCCCCCCCCCCCCCCC=COC(=O)C(CCCCCC)OS(=O)(=O)O. The van der Waals surface area contributed by atoms with E-state index in [0.29, 0.717) is 6.42 Å². The predicted octanol–water partition coefficient (Wildman–Crippen LogP) is 9.63. The summed E-state index contributed by atoms with van der Waals surface area (Å²) in [6.07, 6.45) is 30.5. The lowest BCUT2D eigenvalue weighted by Gasteiger charge is -2.12. The van der Waals surface area contributed by atoms with Gasteiger partial charge in [0.2, 0.25) is 0 Å². The molecule has 0 aromatic carbocycles. The van der Waals surface area contributed by atoms with Gasteiger partial charge in [0.05, 0.1) is 6.26 Å². The molecule has 0 heterocycles. The summed E-state index contributed by atoms with van der Waals surface area (Å²) in [7, 11) is -4.70. The first kappa shape index (κ1) is 36.1. The fraction of sp³-hybridized carbons (Fsp3) is 0.900. The molecule has 0 aliphatic rings. The average Bonchev–Trinajstić information content (AvgIpc) is 2.86. The van der Waals surface area contributed by atoms with Crippen LogP contribution < -0.4 is 0 Å². The zero-order valence-electron chi connectivity index (χ0n) is 24.1. The quantitative estimate of drug-likeness (QED) is 0.0454. The molecule has 0 aliphatic carbocycles. The summed E-state index contributed by atoms with van der Waals surface area (Å²) in [5.41, 5.74) is 0. The third-order valence-corrected chi connectivity index (χ3v) is 7.30. The monoisotopic (exact) mass is 546 g/mol. The maximum Gasteiger partial charge on any atom is 0.398 e. The number of rotatable bonds is 28. The van der Waals surface area contributed by atoms with Gasteiger partial charge >= 0.3 is 16.4 Å². The van der Waals surface area contributed by atoms with E-state index in [1.165, 1.54) is 109 Å². The van der Waals surface area contributed by atoms with Crippen molar-refractivity contribution in [3.05, 3.63) is 12.3 Å². The topological polar surface area (TPSA) is 89.9 Å². The van der Waals surface area contributed by atoms with Crippen LogP contribution in [0.25, 0.3) is 0 Å². The Morgan fingerprint density at radius 3 is 1.43 bits per heavy atom. The van der Waals surface area contributed by atoms with Crippen LogP contribution >= 0.6 is 0 Å². The molecular weight excluding hydrogens is 488 g/mol. The molecular formula is C30H58O6S. The number of ether oxygens (including phenoxy) is 1. The lowest BCUT2D eigenvalue weighted by molar-refractivity contribution is -0.146. The first-order chi connectivity index (χ1) is 17.9. The molecule has 1 N–H and O–H groups in total. The highest BCUT2D eigenvalue weighted by Crippen LogP contribution is 2.15. The van der Waals surface area contributed by atoms with Crippen molar-refractivity contribution in [2.75, 3.05) is 0 Å². The lowest BCUT2D eigenvalue weighted by atomic mass is 10.0. The van der Waals surface area contributed by atoms with Crippen molar-refractivity contribution in [1.82, 2.24) is 0 Å². The Bertz CT molecular complexity index is 632. The minimum Gasteiger partial charge on any atom is -0.433 e. The van der Waals surface area contributed by atoms with Crippen LogP contribution in [0.4, 0.5) is 0 Å². The molecule has 0 aliphatic heterocycles. The summed E-state index contributed by atoms with van der Waals surface area (Å²) < 4.78 is 40.4. The van der Waals surface area contributed by atoms with E-state index in [9.17, 15) is 13.2 Å². The summed E-state index contributed by atoms with van der Waals surface area (Å²) >= 11 is 0. The van der Waals surface area contributed by atoms with Gasteiger partial charge in [0.15, 0.2) is 6.10 Å². The van der Waals surface area contributed by atoms with Crippen LogP contribution in [0, 0.1) is 0 Å². The Balaban J connectivity index is 3.59. The Hall–Kier alpha value is -0.920. The highest BCUT2D eigenvalue weighted by atomic mass is 32.3. The zero-order chi connectivity index (χ0) is 27.5. The smallest absolute Gasteiger partial charge is 0.398 e. The van der Waals surface area contributed by atoms with E-state index in [4.69, 9.17) is 9.29 Å². The number of hydrogen-bond donors (Lipinski definition) is 1. The van der Waals surface area contributed by atoms with Crippen LogP contribution in [0.2, 0.25) is 0 Å². The van der Waals surface area contributed by atoms with Crippen LogP contribution in [-0.2, 0) is 24.1 Å². The summed E-state index contributed by atoms with van der Waals surface area (Å²) in [4.78, 5) is 12.1. The van der Waals surface area contributed by atoms with E-state index in [1.54, 1.807) is 6.08 Å². The second-order valence-electron chi connectivity index (χ2n) is 10.5. The van der Waals surface area contributed by atoms with Gasteiger partial charge in [-0.3, -0.25) is 4.55 Å². The highest BCUT2D eigenvalue weighted by molar-refractivity contribution is 7.80. The molecule has 0 saturated heterocycles. The normalized spacial score (nSPS) is 12.8. The predicted molar refractivity (Wildman–Crippen MR) is 154 cm³/mol. The Kier molecular flexibility index (Phi) is 26.0. The van der Waals surface area contributed by atoms with E-state index in [1.807, 2.05) is 0 Å². The molecule has 0 aromatic heterocycles. The molecule has 220 valence electrons. The summed E-state index contributed by atoms with van der Waals surface area (Å²) in [6.45, 7) is 4.33. The third-order valence-electron chi connectivity index (χ3n) is 6.83. The van der Waals surface area contributed by atoms with Gasteiger partial charge in [-0.2, -0.15) is 8.42 Å². The summed E-state index contributed by atoms with van der Waals surface area (Å²) in [5, 5.41) is 0. The number of esters is 1. The van der Waals surface area contributed by atoms with E-state index in [0.717, 1.165) is 38.5 Å². The number of unbranched alkanes of at least 4 members (excludes halogenated alkanes) is 21. The van der Waals surface area contributed by atoms with E-state index < -0.39 is 22.5 Å². The zero-order valence-corrected chi connectivity index (χ0v) is 24.9. The molecule has 0 amide bonds. The Morgan fingerprint density at radius 1 is 0.649 bits per heavy atom. The van der Waals surface area contributed by atoms with Gasteiger partial charge in [-0.1, -0.05) is 149 Å². The molecule has 0 radical (unpaired) electrons. The number of carbonyl (C=O) groups excluding carboxylic acids is 1. The largest absolute Gasteiger partial charge is 0.433 e. The minimum atomic E-state index is -4.70. The van der Waals surface area contributed by atoms with Crippen molar-refractivity contribution in [1.29, 1.82) is 0 Å². The second kappa shape index (κ2) is 26.7. The van der Waals surface area contributed by atoms with E-state index in [2.05, 4.69) is 18.0 Å². The molecule has 1 unspecified atom stereocenters. The number of hydrogen-bond acceptors (Lipinski definition) is 5. The van der Waals surface area contributed by atoms with Crippen molar-refractivity contribution in [2.45, 2.75) is 174 Å². The lowest BCUT2D eigenvalue weighted by Crippen LogP contribution is -2.28. The Labute approximate surface area is 229 Å². The van der Waals surface area contributed by atoms with E-state index >= 15 is 0 Å². The van der Waals surface area contributed by atoms with Gasteiger partial charge < -0.3 is 4.74 Å². The van der Waals surface area contributed by atoms with Crippen molar-refractivity contribution in [3.63, 3.8) is 0 Å². The minimum absolute atomic E-state index is 0.200. The maximum absolute atomic E-state index is 12.1. The first-order valence-corrected chi connectivity index (χ1v) is 16.8. The van der Waals surface area contributed by atoms with Gasteiger partial charge in [-0.05, 0) is 25.3 Å². The fourth-order valence-electron chi connectivity index (χ4n) is 4.53. The van der Waals surface area contributed by atoms with Crippen LogP contribution in [-0.4, -0.2) is 25.0 Å². The summed E-state index contributed by atoms with van der Waals surface area (Å²) in [5.74, 6) is -0.789. The van der Waals surface area contributed by atoms with Crippen molar-refractivity contribution in [3.8, 4) is 0 Å². The van der Waals surface area contributed by atoms with Gasteiger partial charge in [0.25, 0.3) is 0 Å². The molecule has 6 nitrogen and oxygen atoms in total. The molecule has 0 fully saturated rings. The van der Waals surface area contributed by atoms with Crippen molar-refractivity contribution < 1.29 is 26.7 Å².